The molecule has 0 fully saturated rings. The Bertz CT molecular complexity index is 292. The number of rotatable bonds is 7. The molecule has 0 radical (unpaired) electrons. The number of amides is 2. The molecule has 0 aliphatic heterocycles. The fraction of sp³-hybridized carbons (Fsp3) is 0.833. The molecule has 0 saturated heterocycles. The zero-order valence-corrected chi connectivity index (χ0v) is 11.8. The third-order valence-electron chi connectivity index (χ3n) is 3.29. The lowest BCUT2D eigenvalue weighted by atomic mass is 10.0. The lowest BCUT2D eigenvalue weighted by molar-refractivity contribution is -0.139. The second-order valence-electron chi connectivity index (χ2n) is 4.87. The van der Waals surface area contributed by atoms with E-state index in [1.807, 2.05) is 20.8 Å². The summed E-state index contributed by atoms with van der Waals surface area (Å²) in [6.45, 7) is 6.13. The van der Waals surface area contributed by atoms with E-state index in [0.29, 0.717) is 0 Å². The van der Waals surface area contributed by atoms with Gasteiger partial charge < -0.3 is 20.1 Å². The van der Waals surface area contributed by atoms with Crippen LogP contribution in [0.25, 0.3) is 0 Å². The van der Waals surface area contributed by atoms with Crippen molar-refractivity contribution in [3.63, 3.8) is 0 Å². The van der Waals surface area contributed by atoms with Gasteiger partial charge in [-0.15, -0.1) is 0 Å². The smallest absolute Gasteiger partial charge is 0.317 e. The van der Waals surface area contributed by atoms with Crippen molar-refractivity contribution in [2.24, 2.45) is 0 Å². The van der Waals surface area contributed by atoms with Crippen molar-refractivity contribution in [2.75, 3.05) is 20.7 Å². The molecule has 0 rings (SSSR count). The van der Waals surface area contributed by atoms with Crippen molar-refractivity contribution in [2.45, 2.75) is 45.3 Å². The number of urea groups is 1. The topological polar surface area (TPSA) is 78.9 Å². The first-order valence-electron chi connectivity index (χ1n) is 6.00. The van der Waals surface area contributed by atoms with Crippen LogP contribution in [0.1, 0.15) is 33.6 Å². The van der Waals surface area contributed by atoms with Crippen molar-refractivity contribution in [1.82, 2.24) is 10.2 Å². The maximum Gasteiger partial charge on any atom is 0.317 e. The van der Waals surface area contributed by atoms with Gasteiger partial charge in [-0.25, -0.2) is 4.79 Å². The first-order valence-corrected chi connectivity index (χ1v) is 6.00. The van der Waals surface area contributed by atoms with Crippen LogP contribution >= 0.6 is 0 Å². The van der Waals surface area contributed by atoms with E-state index in [2.05, 4.69) is 5.32 Å². The molecule has 106 valence electrons. The second-order valence-corrected chi connectivity index (χ2v) is 4.87. The predicted octanol–water partition coefficient (Wildman–Crippen LogP) is 1.31. The number of ether oxygens (including phenoxy) is 1. The molecule has 0 aliphatic carbocycles. The summed E-state index contributed by atoms with van der Waals surface area (Å²) in [5, 5.41) is 11.3. The maximum absolute atomic E-state index is 11.9. The molecule has 0 bridgehead atoms. The van der Waals surface area contributed by atoms with Crippen molar-refractivity contribution in [1.29, 1.82) is 0 Å². The molecule has 2 amide bonds. The number of methoxy groups -OCH3 is 1. The lowest BCUT2D eigenvalue weighted by Crippen LogP contribution is -2.50. The van der Waals surface area contributed by atoms with Crippen LogP contribution in [0.15, 0.2) is 0 Å². The van der Waals surface area contributed by atoms with Gasteiger partial charge in [0.1, 0.15) is 0 Å². The lowest BCUT2D eigenvalue weighted by Gasteiger charge is -2.35. The quantitative estimate of drug-likeness (QED) is 0.723. The molecule has 6 nitrogen and oxygen atoms in total. The summed E-state index contributed by atoms with van der Waals surface area (Å²) in [6, 6.07) is -0.228. The van der Waals surface area contributed by atoms with Crippen LogP contribution < -0.4 is 5.32 Å². The Morgan fingerprint density at radius 3 is 2.39 bits per heavy atom. The highest BCUT2D eigenvalue weighted by molar-refractivity contribution is 5.75. The van der Waals surface area contributed by atoms with Crippen LogP contribution in [0, 0.1) is 0 Å². The molecule has 0 saturated carbocycles. The minimum atomic E-state index is -0.946. The van der Waals surface area contributed by atoms with E-state index < -0.39 is 12.1 Å². The van der Waals surface area contributed by atoms with Gasteiger partial charge in [0, 0.05) is 26.2 Å². The third kappa shape index (κ3) is 5.35. The molecule has 0 aromatic heterocycles. The second kappa shape index (κ2) is 7.20. The molecule has 1 atom stereocenters. The summed E-state index contributed by atoms with van der Waals surface area (Å²) in [5.74, 6) is -0.946. The SMILES string of the molecule is CCC(C)(C)N(C)C(=O)NCC(CC(=O)O)OC. The molecule has 2 N–H and O–H groups in total. The Morgan fingerprint density at radius 2 is 2.00 bits per heavy atom. The van der Waals surface area contributed by atoms with Gasteiger partial charge in [-0.3, -0.25) is 4.79 Å². The number of carboxylic acid groups (broad SMARTS) is 1. The highest BCUT2D eigenvalue weighted by Gasteiger charge is 2.26. The average molecular weight is 260 g/mol. The summed E-state index contributed by atoms with van der Waals surface area (Å²) >= 11 is 0. The Kier molecular flexibility index (Phi) is 6.68. The van der Waals surface area contributed by atoms with Crippen molar-refractivity contribution < 1.29 is 19.4 Å². The van der Waals surface area contributed by atoms with Crippen LogP contribution in [0.3, 0.4) is 0 Å². The molecule has 0 aromatic carbocycles. The number of hydrogen-bond acceptors (Lipinski definition) is 3. The summed E-state index contributed by atoms with van der Waals surface area (Å²) in [6.07, 6.45) is 0.196. The zero-order chi connectivity index (χ0) is 14.3. The molecule has 0 heterocycles. The Hall–Kier alpha value is -1.30. The standard InChI is InChI=1S/C12H24N2O4/c1-6-12(2,3)14(4)11(17)13-8-9(18-5)7-10(15)16/h9H,6-8H2,1-5H3,(H,13,17)(H,15,16). The molecule has 0 aromatic rings. The number of aliphatic carboxylic acids is 1. The minimum absolute atomic E-state index is 0.127. The molecule has 1 unspecified atom stereocenters. The number of carbonyl (C=O) groups is 2. The van der Waals surface area contributed by atoms with Gasteiger partial charge in [0.2, 0.25) is 0 Å². The van der Waals surface area contributed by atoms with E-state index in [1.165, 1.54) is 7.11 Å². The van der Waals surface area contributed by atoms with Gasteiger partial charge in [-0.1, -0.05) is 6.92 Å². The highest BCUT2D eigenvalue weighted by atomic mass is 16.5. The Morgan fingerprint density at radius 1 is 1.44 bits per heavy atom. The Labute approximate surface area is 108 Å². The molecule has 0 spiro atoms. The van der Waals surface area contributed by atoms with Gasteiger partial charge in [0.15, 0.2) is 0 Å². The number of nitrogens with zero attached hydrogens (tertiary/aromatic N) is 1. The van der Waals surface area contributed by atoms with Gasteiger partial charge in [0.05, 0.1) is 12.5 Å². The number of nitrogens with one attached hydrogen (secondary N) is 1. The van der Waals surface area contributed by atoms with Crippen LogP contribution in [-0.4, -0.2) is 54.4 Å². The highest BCUT2D eigenvalue weighted by Crippen LogP contribution is 2.16. The molecule has 6 heteroatoms. The average Bonchev–Trinajstić information content (AvgIpc) is 2.32. The fourth-order valence-corrected chi connectivity index (χ4v) is 1.27. The van der Waals surface area contributed by atoms with Crippen LogP contribution in [-0.2, 0) is 9.53 Å². The van der Waals surface area contributed by atoms with Crippen molar-refractivity contribution >= 4 is 12.0 Å². The van der Waals surface area contributed by atoms with Gasteiger partial charge in [0.25, 0.3) is 0 Å². The van der Waals surface area contributed by atoms with Gasteiger partial charge >= 0.3 is 12.0 Å². The number of carboxylic acids is 1. The van der Waals surface area contributed by atoms with E-state index in [4.69, 9.17) is 9.84 Å². The largest absolute Gasteiger partial charge is 0.481 e. The van der Waals surface area contributed by atoms with Gasteiger partial charge in [-0.05, 0) is 20.3 Å². The summed E-state index contributed by atoms with van der Waals surface area (Å²) in [4.78, 5) is 24.0. The van der Waals surface area contributed by atoms with E-state index >= 15 is 0 Å². The van der Waals surface area contributed by atoms with Crippen molar-refractivity contribution in [3.8, 4) is 0 Å². The summed E-state index contributed by atoms with van der Waals surface area (Å²) in [5.41, 5.74) is -0.237. The first-order chi connectivity index (χ1) is 8.24. The van der Waals surface area contributed by atoms with Gasteiger partial charge in [-0.2, -0.15) is 0 Å². The van der Waals surface area contributed by atoms with E-state index in [9.17, 15) is 9.59 Å². The predicted molar refractivity (Wildman–Crippen MR) is 68.6 cm³/mol. The maximum atomic E-state index is 11.9. The molecule has 0 aliphatic rings. The van der Waals surface area contributed by atoms with Crippen molar-refractivity contribution in [3.05, 3.63) is 0 Å². The van der Waals surface area contributed by atoms with E-state index in [-0.39, 0.29) is 24.5 Å². The Balaban J connectivity index is 4.28. The summed E-state index contributed by atoms with van der Waals surface area (Å²) < 4.78 is 4.99. The molecule has 18 heavy (non-hydrogen) atoms. The van der Waals surface area contributed by atoms with Crippen LogP contribution in [0.5, 0.6) is 0 Å². The van der Waals surface area contributed by atoms with E-state index in [1.54, 1.807) is 11.9 Å². The van der Waals surface area contributed by atoms with Crippen LogP contribution in [0.4, 0.5) is 4.79 Å². The molecular weight excluding hydrogens is 236 g/mol. The molecular formula is C12H24N2O4. The third-order valence-corrected chi connectivity index (χ3v) is 3.29. The number of hydrogen-bond donors (Lipinski definition) is 2. The summed E-state index contributed by atoms with van der Waals surface area (Å²) in [7, 11) is 3.15. The van der Waals surface area contributed by atoms with E-state index in [0.717, 1.165) is 6.42 Å². The monoisotopic (exact) mass is 260 g/mol. The zero-order valence-electron chi connectivity index (χ0n) is 11.8. The normalized spacial score (nSPS) is 12.9. The fourth-order valence-electron chi connectivity index (χ4n) is 1.27. The van der Waals surface area contributed by atoms with Crippen LogP contribution in [0.2, 0.25) is 0 Å². The number of carbonyl (C=O) groups excluding carboxylic acids is 1. The minimum Gasteiger partial charge on any atom is -0.481 e. The first kappa shape index (κ1) is 16.7.